The summed E-state index contributed by atoms with van der Waals surface area (Å²) < 4.78 is 0. The fourth-order valence-electron chi connectivity index (χ4n) is 2.76. The lowest BCUT2D eigenvalue weighted by molar-refractivity contribution is -0.383. The molecule has 0 spiro atoms. The molecule has 3 rings (SSSR count). The average Bonchev–Trinajstić information content (AvgIpc) is 2.88. The lowest BCUT2D eigenvalue weighted by atomic mass is 10.2. The Labute approximate surface area is 97.4 Å². The van der Waals surface area contributed by atoms with Crippen molar-refractivity contribution in [1.29, 1.82) is 0 Å². The molecule has 0 saturated carbocycles. The summed E-state index contributed by atoms with van der Waals surface area (Å²) in [6.07, 6.45) is 1.14. The fourth-order valence-corrected chi connectivity index (χ4v) is 3.71. The van der Waals surface area contributed by atoms with E-state index in [4.69, 9.17) is 0 Å². The van der Waals surface area contributed by atoms with E-state index in [1.165, 1.54) is 11.3 Å². The van der Waals surface area contributed by atoms with Crippen LogP contribution in [0.5, 0.6) is 0 Å². The van der Waals surface area contributed by atoms with Gasteiger partial charge in [0.05, 0.1) is 4.92 Å². The monoisotopic (exact) mass is 239 g/mol. The van der Waals surface area contributed by atoms with Crippen molar-refractivity contribution >= 4 is 22.0 Å². The van der Waals surface area contributed by atoms with Crippen LogP contribution in [0.3, 0.4) is 0 Å². The Morgan fingerprint density at radius 3 is 2.88 bits per heavy atom. The van der Waals surface area contributed by atoms with Crippen LogP contribution in [0, 0.1) is 10.1 Å². The van der Waals surface area contributed by atoms with Gasteiger partial charge in [-0.2, -0.15) is 0 Å². The number of hydrogen-bond donors (Lipinski definition) is 0. The first-order valence-corrected chi connectivity index (χ1v) is 6.23. The van der Waals surface area contributed by atoms with Gasteiger partial charge in [0, 0.05) is 31.2 Å². The lowest BCUT2D eigenvalue weighted by Gasteiger charge is -2.32. The first-order valence-electron chi connectivity index (χ1n) is 5.35. The molecule has 2 atom stereocenters. The number of anilines is 1. The Morgan fingerprint density at radius 2 is 2.31 bits per heavy atom. The minimum Gasteiger partial charge on any atom is -0.352 e. The summed E-state index contributed by atoms with van der Waals surface area (Å²) >= 11 is 1.48. The molecule has 1 aromatic rings. The molecule has 2 aliphatic heterocycles. The van der Waals surface area contributed by atoms with E-state index in [0.29, 0.717) is 12.1 Å². The second-order valence-electron chi connectivity index (χ2n) is 4.50. The van der Waals surface area contributed by atoms with Crippen LogP contribution in [0.15, 0.2) is 11.4 Å². The quantitative estimate of drug-likeness (QED) is 0.580. The van der Waals surface area contributed by atoms with Crippen LogP contribution >= 0.6 is 11.3 Å². The topological polar surface area (TPSA) is 49.6 Å². The Bertz CT molecular complexity index is 431. The van der Waals surface area contributed by atoms with E-state index in [-0.39, 0.29) is 10.6 Å². The average molecular weight is 239 g/mol. The molecular formula is C10H13N3O2S. The molecule has 16 heavy (non-hydrogen) atoms. The summed E-state index contributed by atoms with van der Waals surface area (Å²) in [6, 6.07) is 2.65. The molecule has 1 unspecified atom stereocenters. The van der Waals surface area contributed by atoms with Crippen molar-refractivity contribution in [2.45, 2.75) is 18.5 Å². The number of fused-ring (bicyclic) bond motifs is 2. The number of likely N-dealkylation sites (tertiary alicyclic amines) is 1. The van der Waals surface area contributed by atoms with E-state index >= 15 is 0 Å². The SMILES string of the molecule is CN1CC2C[C@H]1CN2c1sccc1[N+](=O)[O-]. The minimum absolute atomic E-state index is 0.264. The highest BCUT2D eigenvalue weighted by molar-refractivity contribution is 7.14. The van der Waals surface area contributed by atoms with Crippen molar-refractivity contribution in [1.82, 2.24) is 4.90 Å². The van der Waals surface area contributed by atoms with Crippen molar-refractivity contribution in [2.75, 3.05) is 25.0 Å². The van der Waals surface area contributed by atoms with Crippen LogP contribution < -0.4 is 4.90 Å². The fraction of sp³-hybridized carbons (Fsp3) is 0.600. The number of piperazine rings is 1. The highest BCUT2D eigenvalue weighted by atomic mass is 32.1. The predicted octanol–water partition coefficient (Wildman–Crippen LogP) is 1.55. The molecule has 0 amide bonds. The molecule has 0 radical (unpaired) electrons. The zero-order chi connectivity index (χ0) is 11.3. The van der Waals surface area contributed by atoms with E-state index in [1.807, 2.05) is 5.38 Å². The van der Waals surface area contributed by atoms with Crippen molar-refractivity contribution in [3.05, 3.63) is 21.6 Å². The van der Waals surface area contributed by atoms with Gasteiger partial charge in [-0.1, -0.05) is 0 Å². The zero-order valence-electron chi connectivity index (χ0n) is 9.00. The van der Waals surface area contributed by atoms with Crippen LogP contribution in [0.4, 0.5) is 10.7 Å². The van der Waals surface area contributed by atoms with Gasteiger partial charge in [0.2, 0.25) is 0 Å². The number of thiophene rings is 1. The first-order chi connectivity index (χ1) is 7.66. The maximum atomic E-state index is 10.9. The molecule has 2 fully saturated rings. The number of nitrogens with zero attached hydrogens (tertiary/aromatic N) is 3. The van der Waals surface area contributed by atoms with Crippen molar-refractivity contribution in [3.63, 3.8) is 0 Å². The third-order valence-corrected chi connectivity index (χ3v) is 4.54. The molecule has 0 N–H and O–H groups in total. The Balaban J connectivity index is 1.89. The number of nitro groups is 1. The maximum Gasteiger partial charge on any atom is 0.303 e. The summed E-state index contributed by atoms with van der Waals surface area (Å²) in [5.41, 5.74) is 0.264. The van der Waals surface area contributed by atoms with Gasteiger partial charge >= 0.3 is 5.69 Å². The Kier molecular flexibility index (Phi) is 2.15. The van der Waals surface area contributed by atoms with E-state index in [0.717, 1.165) is 24.5 Å². The van der Waals surface area contributed by atoms with E-state index in [9.17, 15) is 10.1 Å². The van der Waals surface area contributed by atoms with Gasteiger partial charge in [-0.15, -0.1) is 11.3 Å². The second-order valence-corrected chi connectivity index (χ2v) is 5.40. The van der Waals surface area contributed by atoms with Crippen LogP contribution in [-0.4, -0.2) is 42.0 Å². The van der Waals surface area contributed by atoms with Gasteiger partial charge in [0.1, 0.15) is 0 Å². The normalized spacial score (nSPS) is 28.9. The van der Waals surface area contributed by atoms with E-state index in [2.05, 4.69) is 16.8 Å². The number of hydrogen-bond acceptors (Lipinski definition) is 5. The van der Waals surface area contributed by atoms with Gasteiger partial charge in [0.15, 0.2) is 5.00 Å². The van der Waals surface area contributed by atoms with E-state index in [1.54, 1.807) is 6.07 Å². The lowest BCUT2D eigenvalue weighted by Crippen LogP contribution is -2.44. The molecule has 2 saturated heterocycles. The first kappa shape index (κ1) is 10.0. The van der Waals surface area contributed by atoms with Crippen LogP contribution in [0.2, 0.25) is 0 Å². The molecular weight excluding hydrogens is 226 g/mol. The summed E-state index contributed by atoms with van der Waals surface area (Å²) in [5.74, 6) is 0. The maximum absolute atomic E-state index is 10.9. The van der Waals surface area contributed by atoms with Gasteiger partial charge in [-0.05, 0) is 18.8 Å². The standard InChI is InChI=1S/C10H13N3O2S/c1-11-5-8-4-7(11)6-12(8)10-9(13(14)15)2-3-16-10/h2-3,7-8H,4-6H2,1H3/t7-,8?/m0/s1. The van der Waals surface area contributed by atoms with Crippen molar-refractivity contribution < 1.29 is 4.92 Å². The van der Waals surface area contributed by atoms with Gasteiger partial charge < -0.3 is 4.90 Å². The summed E-state index contributed by atoms with van der Waals surface area (Å²) in [4.78, 5) is 15.2. The van der Waals surface area contributed by atoms with Gasteiger partial charge in [0.25, 0.3) is 0 Å². The Hall–Kier alpha value is -1.14. The zero-order valence-corrected chi connectivity index (χ0v) is 9.81. The molecule has 0 aromatic carbocycles. The number of rotatable bonds is 2. The Morgan fingerprint density at radius 1 is 1.50 bits per heavy atom. The molecule has 2 bridgehead atoms. The highest BCUT2D eigenvalue weighted by Gasteiger charge is 2.43. The van der Waals surface area contributed by atoms with Crippen molar-refractivity contribution in [2.24, 2.45) is 0 Å². The third kappa shape index (κ3) is 1.33. The van der Waals surface area contributed by atoms with Crippen LogP contribution in [0.25, 0.3) is 0 Å². The third-order valence-electron chi connectivity index (χ3n) is 3.60. The van der Waals surface area contributed by atoms with Crippen LogP contribution in [-0.2, 0) is 0 Å². The van der Waals surface area contributed by atoms with E-state index < -0.39 is 0 Å². The molecule has 5 nitrogen and oxygen atoms in total. The summed E-state index contributed by atoms with van der Waals surface area (Å²) in [7, 11) is 2.13. The molecule has 3 heterocycles. The highest BCUT2D eigenvalue weighted by Crippen LogP contribution is 2.41. The molecule has 86 valence electrons. The van der Waals surface area contributed by atoms with Crippen molar-refractivity contribution in [3.8, 4) is 0 Å². The molecule has 2 aliphatic rings. The summed E-state index contributed by atoms with van der Waals surface area (Å²) in [6.45, 7) is 1.96. The summed E-state index contributed by atoms with van der Waals surface area (Å²) in [5, 5.41) is 13.5. The van der Waals surface area contributed by atoms with Crippen LogP contribution in [0.1, 0.15) is 6.42 Å². The van der Waals surface area contributed by atoms with Gasteiger partial charge in [-0.3, -0.25) is 15.0 Å². The second kappa shape index (κ2) is 3.43. The minimum atomic E-state index is -0.276. The number of likely N-dealkylation sites (N-methyl/N-ethyl adjacent to an activating group) is 1. The largest absolute Gasteiger partial charge is 0.352 e. The smallest absolute Gasteiger partial charge is 0.303 e. The molecule has 6 heteroatoms. The molecule has 1 aromatic heterocycles. The van der Waals surface area contributed by atoms with Gasteiger partial charge in [-0.25, -0.2) is 0 Å². The molecule has 0 aliphatic carbocycles. The predicted molar refractivity (Wildman–Crippen MR) is 63.1 cm³/mol.